The van der Waals surface area contributed by atoms with Crippen molar-refractivity contribution < 1.29 is 5.11 Å². The first-order valence-electron chi connectivity index (χ1n) is 3.87. The Labute approximate surface area is 72.9 Å². The van der Waals surface area contributed by atoms with E-state index >= 15 is 0 Å². The van der Waals surface area contributed by atoms with Crippen molar-refractivity contribution in [3.8, 4) is 0 Å². The molecule has 64 valence electrons. The molecule has 0 amide bonds. The van der Waals surface area contributed by atoms with Crippen LogP contribution < -0.4 is 5.73 Å². The van der Waals surface area contributed by atoms with Gasteiger partial charge in [-0.1, -0.05) is 12.2 Å². The number of allylic oxidation sites excluding steroid dienone is 1. The van der Waals surface area contributed by atoms with Crippen LogP contribution in [0.5, 0.6) is 0 Å². The van der Waals surface area contributed by atoms with Crippen LogP contribution in [0.25, 0.3) is 0 Å². The lowest BCUT2D eigenvalue weighted by Gasteiger charge is -2.21. The van der Waals surface area contributed by atoms with E-state index in [0.717, 1.165) is 0 Å². The first kappa shape index (κ1) is 9.04. The molecule has 4 atom stereocenters. The molecule has 2 rings (SSSR count). The molecule has 0 aromatic carbocycles. The molecule has 0 heterocycles. The zero-order valence-corrected chi connectivity index (χ0v) is 7.13. The maximum Gasteiger partial charge on any atom is 0.0479 e. The van der Waals surface area contributed by atoms with Gasteiger partial charge in [0.05, 0.1) is 0 Å². The first-order valence-corrected chi connectivity index (χ1v) is 3.87. The number of halogens is 1. The normalized spacial score (nSPS) is 46.0. The van der Waals surface area contributed by atoms with Gasteiger partial charge in [-0.15, -0.1) is 12.4 Å². The largest absolute Gasteiger partial charge is 0.396 e. The van der Waals surface area contributed by atoms with E-state index in [4.69, 9.17) is 10.8 Å². The summed E-state index contributed by atoms with van der Waals surface area (Å²) in [5, 5.41) is 8.94. The SMILES string of the molecule is Cl.NC1C2C=CC(C2)C1CO. The average Bonchev–Trinajstić information content (AvgIpc) is 2.46. The van der Waals surface area contributed by atoms with E-state index in [2.05, 4.69) is 12.2 Å². The molecule has 1 saturated carbocycles. The van der Waals surface area contributed by atoms with Gasteiger partial charge in [-0.3, -0.25) is 0 Å². The summed E-state index contributed by atoms with van der Waals surface area (Å²) in [5.41, 5.74) is 5.86. The molecule has 2 bridgehead atoms. The Morgan fingerprint density at radius 3 is 2.36 bits per heavy atom. The number of hydrogen-bond donors (Lipinski definition) is 2. The fourth-order valence-electron chi connectivity index (χ4n) is 2.22. The highest BCUT2D eigenvalue weighted by Crippen LogP contribution is 2.42. The van der Waals surface area contributed by atoms with Crippen molar-refractivity contribution in [1.82, 2.24) is 0 Å². The Morgan fingerprint density at radius 2 is 2.00 bits per heavy atom. The number of rotatable bonds is 1. The third-order valence-electron chi connectivity index (χ3n) is 2.90. The predicted molar refractivity (Wildman–Crippen MR) is 46.5 cm³/mol. The van der Waals surface area contributed by atoms with Crippen LogP contribution in [0.2, 0.25) is 0 Å². The number of fused-ring (bicyclic) bond motifs is 2. The first-order chi connectivity index (χ1) is 4.83. The van der Waals surface area contributed by atoms with Crippen molar-refractivity contribution in [2.45, 2.75) is 12.5 Å². The number of nitrogens with two attached hydrogens (primary N) is 1. The van der Waals surface area contributed by atoms with Gasteiger partial charge in [-0.2, -0.15) is 0 Å². The van der Waals surface area contributed by atoms with Gasteiger partial charge < -0.3 is 10.8 Å². The molecule has 2 aliphatic carbocycles. The molecule has 4 unspecified atom stereocenters. The lowest BCUT2D eigenvalue weighted by Crippen LogP contribution is -2.35. The lowest BCUT2D eigenvalue weighted by atomic mass is 9.90. The molecular weight excluding hydrogens is 162 g/mol. The minimum Gasteiger partial charge on any atom is -0.396 e. The van der Waals surface area contributed by atoms with Crippen LogP contribution in [-0.4, -0.2) is 17.8 Å². The molecular formula is C8H14ClNO. The second-order valence-corrected chi connectivity index (χ2v) is 3.37. The average molecular weight is 176 g/mol. The molecule has 0 aromatic heterocycles. The van der Waals surface area contributed by atoms with E-state index in [1.165, 1.54) is 6.42 Å². The minimum atomic E-state index is 0. The van der Waals surface area contributed by atoms with Gasteiger partial charge in [0.2, 0.25) is 0 Å². The molecule has 3 heteroatoms. The highest BCUT2D eigenvalue weighted by molar-refractivity contribution is 5.85. The molecule has 2 nitrogen and oxygen atoms in total. The van der Waals surface area contributed by atoms with E-state index in [9.17, 15) is 0 Å². The molecule has 0 saturated heterocycles. The summed E-state index contributed by atoms with van der Waals surface area (Å²) < 4.78 is 0. The van der Waals surface area contributed by atoms with E-state index in [0.29, 0.717) is 17.8 Å². The lowest BCUT2D eigenvalue weighted by molar-refractivity contribution is 0.193. The Kier molecular flexibility index (Phi) is 2.58. The van der Waals surface area contributed by atoms with Gasteiger partial charge in [-0.25, -0.2) is 0 Å². The monoisotopic (exact) mass is 175 g/mol. The van der Waals surface area contributed by atoms with Crippen LogP contribution in [-0.2, 0) is 0 Å². The van der Waals surface area contributed by atoms with Gasteiger partial charge in [-0.05, 0) is 18.3 Å². The maximum atomic E-state index is 8.94. The van der Waals surface area contributed by atoms with Crippen LogP contribution in [0.4, 0.5) is 0 Å². The maximum absolute atomic E-state index is 8.94. The van der Waals surface area contributed by atoms with E-state index in [1.54, 1.807) is 0 Å². The zero-order valence-electron chi connectivity index (χ0n) is 6.31. The summed E-state index contributed by atoms with van der Waals surface area (Å²) in [6.45, 7) is 0.257. The molecule has 11 heavy (non-hydrogen) atoms. The standard InChI is InChI=1S/C8H13NO.ClH/c9-8-6-2-1-5(3-6)7(8)4-10;/h1-2,5-8,10H,3-4,9H2;1H. The Balaban J connectivity index is 0.000000605. The second kappa shape index (κ2) is 3.13. The minimum absolute atomic E-state index is 0. The molecule has 2 aliphatic rings. The van der Waals surface area contributed by atoms with Crippen LogP contribution in [0.1, 0.15) is 6.42 Å². The van der Waals surface area contributed by atoms with E-state index in [1.807, 2.05) is 0 Å². The summed E-state index contributed by atoms with van der Waals surface area (Å²) >= 11 is 0. The van der Waals surface area contributed by atoms with Crippen LogP contribution in [0, 0.1) is 17.8 Å². The second-order valence-electron chi connectivity index (χ2n) is 3.37. The Hall–Kier alpha value is -0.0500. The molecule has 3 N–H and O–H groups in total. The fourth-order valence-corrected chi connectivity index (χ4v) is 2.22. The molecule has 1 fully saturated rings. The topological polar surface area (TPSA) is 46.2 Å². The summed E-state index contributed by atoms with van der Waals surface area (Å²) in [6.07, 6.45) is 5.57. The highest BCUT2D eigenvalue weighted by atomic mass is 35.5. The fraction of sp³-hybridized carbons (Fsp3) is 0.750. The van der Waals surface area contributed by atoms with Crippen molar-refractivity contribution in [3.05, 3.63) is 12.2 Å². The summed E-state index contributed by atoms with van der Waals surface area (Å²) in [6, 6.07) is 0.222. The van der Waals surface area contributed by atoms with Gasteiger partial charge in [0.25, 0.3) is 0 Å². The van der Waals surface area contributed by atoms with Gasteiger partial charge in [0, 0.05) is 18.6 Å². The molecule has 0 aliphatic heterocycles. The molecule has 0 spiro atoms. The summed E-state index contributed by atoms with van der Waals surface area (Å²) in [7, 11) is 0. The summed E-state index contributed by atoms with van der Waals surface area (Å²) in [4.78, 5) is 0. The van der Waals surface area contributed by atoms with Crippen molar-refractivity contribution in [1.29, 1.82) is 0 Å². The van der Waals surface area contributed by atoms with Crippen molar-refractivity contribution in [2.24, 2.45) is 23.5 Å². The van der Waals surface area contributed by atoms with Crippen molar-refractivity contribution in [3.63, 3.8) is 0 Å². The molecule has 0 aromatic rings. The third kappa shape index (κ3) is 1.19. The van der Waals surface area contributed by atoms with Gasteiger partial charge in [0.1, 0.15) is 0 Å². The van der Waals surface area contributed by atoms with Crippen molar-refractivity contribution in [2.75, 3.05) is 6.61 Å². The van der Waals surface area contributed by atoms with E-state index in [-0.39, 0.29) is 25.1 Å². The van der Waals surface area contributed by atoms with Crippen molar-refractivity contribution >= 4 is 12.4 Å². The third-order valence-corrected chi connectivity index (χ3v) is 2.90. The van der Waals surface area contributed by atoms with E-state index < -0.39 is 0 Å². The van der Waals surface area contributed by atoms with Crippen LogP contribution in [0.3, 0.4) is 0 Å². The van der Waals surface area contributed by atoms with Gasteiger partial charge in [0.15, 0.2) is 0 Å². The van der Waals surface area contributed by atoms with Crippen LogP contribution in [0.15, 0.2) is 12.2 Å². The zero-order chi connectivity index (χ0) is 7.14. The van der Waals surface area contributed by atoms with Crippen LogP contribution >= 0.6 is 12.4 Å². The molecule has 0 radical (unpaired) electrons. The smallest absolute Gasteiger partial charge is 0.0479 e. The number of aliphatic hydroxyl groups is 1. The Bertz CT molecular complexity index is 171. The highest BCUT2D eigenvalue weighted by Gasteiger charge is 2.41. The Morgan fingerprint density at radius 1 is 1.36 bits per heavy atom. The predicted octanol–water partition coefficient (Wildman–Crippen LogP) is 0.550. The number of aliphatic hydroxyl groups excluding tert-OH is 1. The number of hydrogen-bond acceptors (Lipinski definition) is 2. The quantitative estimate of drug-likeness (QED) is 0.572. The van der Waals surface area contributed by atoms with Gasteiger partial charge >= 0.3 is 0 Å². The summed E-state index contributed by atoms with van der Waals surface area (Å²) in [5.74, 6) is 1.47.